The Morgan fingerprint density at radius 2 is 2.00 bits per heavy atom. The van der Waals surface area contributed by atoms with E-state index < -0.39 is 15.9 Å². The van der Waals surface area contributed by atoms with Crippen LogP contribution in [-0.2, 0) is 38.4 Å². The summed E-state index contributed by atoms with van der Waals surface area (Å²) in [7, 11) is -3.99. The lowest BCUT2D eigenvalue weighted by Gasteiger charge is -2.24. The molecule has 0 aliphatic carbocycles. The molecular formula is C23H28F2N4O4S. The number of aromatic nitrogens is 3. The van der Waals surface area contributed by atoms with E-state index in [1.165, 1.54) is 35.2 Å². The first-order chi connectivity index (χ1) is 16.1. The topological polar surface area (TPSA) is 95.2 Å². The second-order valence-corrected chi connectivity index (χ2v) is 10.5. The second-order valence-electron chi connectivity index (χ2n) is 8.63. The van der Waals surface area contributed by atoms with Crippen LogP contribution < -0.4 is 5.32 Å². The number of carbonyl (C=O) groups is 1. The van der Waals surface area contributed by atoms with Crippen LogP contribution in [0.1, 0.15) is 38.1 Å². The van der Waals surface area contributed by atoms with Crippen LogP contribution in [0.25, 0.3) is 11.0 Å². The summed E-state index contributed by atoms with van der Waals surface area (Å²) in [4.78, 5) is 15.9. The van der Waals surface area contributed by atoms with Crippen molar-refractivity contribution in [3.63, 3.8) is 0 Å². The first-order valence-electron chi connectivity index (χ1n) is 11.2. The number of amides is 1. The van der Waals surface area contributed by atoms with Gasteiger partial charge in [-0.15, -0.1) is 0 Å². The minimum Gasteiger partial charge on any atom is -0.381 e. The van der Waals surface area contributed by atoms with Gasteiger partial charge in [-0.3, -0.25) is 4.79 Å². The Bertz CT molecular complexity index is 1290. The Morgan fingerprint density at radius 3 is 2.68 bits per heavy atom. The molecule has 1 aliphatic heterocycles. The zero-order valence-corrected chi connectivity index (χ0v) is 19.9. The standard InChI is InChI=1S/C23H28F2N4O4S/c1-3-26-21(30)12-17-6-9-28(14-17)34(31,32)18-4-5-20-19(13-18)27-22(23(2,24)25)29(20)15-16-7-10-33-11-8-16/h4-6,9,13-14,16H,3,7-8,10-12,15H2,1-2H3,(H,26,30). The number of rotatable bonds is 8. The van der Waals surface area contributed by atoms with E-state index >= 15 is 0 Å². The molecule has 1 amide bonds. The van der Waals surface area contributed by atoms with Crippen LogP contribution in [-0.4, -0.2) is 47.6 Å². The Morgan fingerprint density at radius 1 is 1.26 bits per heavy atom. The van der Waals surface area contributed by atoms with Gasteiger partial charge in [-0.05, 0) is 55.5 Å². The predicted octanol–water partition coefficient (Wildman–Crippen LogP) is 3.29. The number of hydrogen-bond acceptors (Lipinski definition) is 5. The highest BCUT2D eigenvalue weighted by Gasteiger charge is 2.33. The van der Waals surface area contributed by atoms with E-state index in [2.05, 4.69) is 10.3 Å². The monoisotopic (exact) mass is 494 g/mol. The molecule has 2 aromatic heterocycles. The fourth-order valence-electron chi connectivity index (χ4n) is 4.22. The third kappa shape index (κ3) is 5.00. The van der Waals surface area contributed by atoms with Gasteiger partial charge in [-0.1, -0.05) is 0 Å². The Hall–Kier alpha value is -2.79. The quantitative estimate of drug-likeness (QED) is 0.519. The van der Waals surface area contributed by atoms with E-state index in [0.29, 0.717) is 37.4 Å². The molecule has 1 N–H and O–H groups in total. The van der Waals surface area contributed by atoms with Crippen LogP contribution in [0.4, 0.5) is 8.78 Å². The first-order valence-corrected chi connectivity index (χ1v) is 12.7. The van der Waals surface area contributed by atoms with Crippen molar-refractivity contribution in [2.45, 2.75) is 50.5 Å². The van der Waals surface area contributed by atoms with Crippen molar-refractivity contribution in [1.82, 2.24) is 18.8 Å². The van der Waals surface area contributed by atoms with Crippen LogP contribution in [0.3, 0.4) is 0 Å². The smallest absolute Gasteiger partial charge is 0.302 e. The molecule has 0 unspecified atom stereocenters. The second kappa shape index (κ2) is 9.46. The molecule has 1 aromatic carbocycles. The van der Waals surface area contributed by atoms with Crippen molar-refractivity contribution >= 4 is 27.0 Å². The van der Waals surface area contributed by atoms with Gasteiger partial charge in [0.1, 0.15) is 0 Å². The molecule has 8 nitrogen and oxygen atoms in total. The maximum absolute atomic E-state index is 14.4. The first kappa shape index (κ1) is 24.3. The number of halogens is 2. The number of nitrogens with zero attached hydrogens (tertiary/aromatic N) is 3. The van der Waals surface area contributed by atoms with Crippen molar-refractivity contribution in [3.8, 4) is 0 Å². The lowest BCUT2D eigenvalue weighted by Crippen LogP contribution is -2.24. The minimum atomic E-state index is -3.99. The van der Waals surface area contributed by atoms with Crippen LogP contribution in [0.5, 0.6) is 0 Å². The summed E-state index contributed by atoms with van der Waals surface area (Å²) in [6, 6.07) is 5.82. The van der Waals surface area contributed by atoms with Crippen LogP contribution in [0, 0.1) is 5.92 Å². The summed E-state index contributed by atoms with van der Waals surface area (Å²) in [6.45, 7) is 4.63. The molecule has 1 saturated heterocycles. The van der Waals surface area contributed by atoms with Gasteiger partial charge in [0.15, 0.2) is 5.82 Å². The molecule has 4 rings (SSSR count). The fraction of sp³-hybridized carbons (Fsp3) is 0.478. The van der Waals surface area contributed by atoms with Gasteiger partial charge >= 0.3 is 5.92 Å². The molecule has 0 bridgehead atoms. The predicted molar refractivity (Wildman–Crippen MR) is 122 cm³/mol. The van der Waals surface area contributed by atoms with Crippen molar-refractivity contribution in [2.75, 3.05) is 19.8 Å². The zero-order chi connectivity index (χ0) is 24.5. The molecule has 34 heavy (non-hydrogen) atoms. The van der Waals surface area contributed by atoms with Gasteiger partial charge in [-0.25, -0.2) is 17.4 Å². The molecule has 0 radical (unpaired) electrons. The van der Waals surface area contributed by atoms with Gasteiger partial charge < -0.3 is 14.6 Å². The summed E-state index contributed by atoms with van der Waals surface area (Å²) in [5.74, 6) is -3.59. The highest BCUT2D eigenvalue weighted by molar-refractivity contribution is 7.90. The van der Waals surface area contributed by atoms with Gasteiger partial charge in [0.05, 0.1) is 22.3 Å². The Labute approximate surface area is 197 Å². The van der Waals surface area contributed by atoms with Crippen LogP contribution >= 0.6 is 0 Å². The van der Waals surface area contributed by atoms with Crippen molar-refractivity contribution in [3.05, 3.63) is 48.0 Å². The minimum absolute atomic E-state index is 0.0565. The lowest BCUT2D eigenvalue weighted by atomic mass is 10.00. The summed E-state index contributed by atoms with van der Waals surface area (Å²) < 4.78 is 63.1. The number of likely N-dealkylation sites (N-methyl/N-ethyl adjacent to an activating group) is 1. The van der Waals surface area contributed by atoms with E-state index in [9.17, 15) is 22.0 Å². The molecule has 0 saturated carbocycles. The van der Waals surface area contributed by atoms with E-state index in [4.69, 9.17) is 4.74 Å². The summed E-state index contributed by atoms with van der Waals surface area (Å²) in [5.41, 5.74) is 1.20. The van der Waals surface area contributed by atoms with Crippen LogP contribution in [0.15, 0.2) is 41.6 Å². The molecule has 11 heteroatoms. The SMILES string of the molecule is CCNC(=O)Cc1ccn(S(=O)(=O)c2ccc3c(c2)nc(C(C)(F)F)n3CC2CCOCC2)c1. The zero-order valence-electron chi connectivity index (χ0n) is 19.1. The summed E-state index contributed by atoms with van der Waals surface area (Å²) in [5, 5.41) is 2.67. The summed E-state index contributed by atoms with van der Waals surface area (Å²) >= 11 is 0. The molecule has 0 spiro atoms. The third-order valence-corrected chi connectivity index (χ3v) is 7.57. The number of carbonyl (C=O) groups excluding carboxylic acids is 1. The molecule has 1 aliphatic rings. The molecular weight excluding hydrogens is 466 g/mol. The molecule has 1 fully saturated rings. The molecule has 184 valence electrons. The fourth-order valence-corrected chi connectivity index (χ4v) is 5.46. The maximum Gasteiger partial charge on any atom is 0.302 e. The molecule has 0 atom stereocenters. The van der Waals surface area contributed by atoms with Gasteiger partial charge in [0.2, 0.25) is 5.91 Å². The maximum atomic E-state index is 14.4. The van der Waals surface area contributed by atoms with Gasteiger partial charge in [0.25, 0.3) is 10.0 Å². The lowest BCUT2D eigenvalue weighted by molar-refractivity contribution is -0.120. The number of fused-ring (bicyclic) bond motifs is 1. The van der Waals surface area contributed by atoms with Crippen LogP contribution in [0.2, 0.25) is 0 Å². The van der Waals surface area contributed by atoms with Crippen molar-refractivity contribution in [1.29, 1.82) is 0 Å². The van der Waals surface area contributed by atoms with E-state index in [1.807, 2.05) is 0 Å². The van der Waals surface area contributed by atoms with Crippen molar-refractivity contribution < 1.29 is 26.7 Å². The number of benzene rings is 1. The van der Waals surface area contributed by atoms with Gasteiger partial charge in [0, 0.05) is 45.6 Å². The Balaban J connectivity index is 1.68. The average molecular weight is 495 g/mol. The Kier molecular flexibility index (Phi) is 6.77. The number of nitrogens with one attached hydrogen (secondary N) is 1. The number of hydrogen-bond donors (Lipinski definition) is 1. The van der Waals surface area contributed by atoms with Gasteiger partial charge in [-0.2, -0.15) is 8.78 Å². The number of imidazole rings is 1. The number of alkyl halides is 2. The highest BCUT2D eigenvalue weighted by Crippen LogP contribution is 2.32. The van der Waals surface area contributed by atoms with E-state index in [0.717, 1.165) is 23.7 Å². The largest absolute Gasteiger partial charge is 0.381 e. The van der Waals surface area contributed by atoms with E-state index in [-0.39, 0.29) is 34.5 Å². The average Bonchev–Trinajstić information content (AvgIpc) is 3.39. The number of ether oxygens (including phenoxy) is 1. The highest BCUT2D eigenvalue weighted by atomic mass is 32.2. The normalized spacial score (nSPS) is 15.6. The van der Waals surface area contributed by atoms with Crippen molar-refractivity contribution in [2.24, 2.45) is 5.92 Å². The summed E-state index contributed by atoms with van der Waals surface area (Å²) in [6.07, 6.45) is 4.34. The third-order valence-electron chi connectivity index (χ3n) is 5.94. The van der Waals surface area contributed by atoms with E-state index in [1.54, 1.807) is 13.0 Å². The molecule has 3 heterocycles. The molecule has 3 aromatic rings.